The molecule has 1 aromatic carbocycles. The molecule has 0 aliphatic carbocycles. The zero-order chi connectivity index (χ0) is 13.2. The second-order valence-corrected chi connectivity index (χ2v) is 5.71. The minimum absolute atomic E-state index is 0. The molecule has 1 saturated heterocycles. The van der Waals surface area contributed by atoms with E-state index in [4.69, 9.17) is 4.42 Å². The average Bonchev–Trinajstić information content (AvgIpc) is 3.04. The highest BCUT2D eigenvalue weighted by Crippen LogP contribution is 2.23. The van der Waals surface area contributed by atoms with Crippen molar-refractivity contribution < 1.29 is 9.21 Å². The van der Waals surface area contributed by atoms with Crippen LogP contribution in [-0.4, -0.2) is 25.0 Å². The third-order valence-electron chi connectivity index (χ3n) is 3.37. The van der Waals surface area contributed by atoms with Gasteiger partial charge in [-0.25, -0.2) is 0 Å². The van der Waals surface area contributed by atoms with Crippen LogP contribution in [0.5, 0.6) is 0 Å². The van der Waals surface area contributed by atoms with Gasteiger partial charge in [-0.05, 0) is 43.7 Å². The third-order valence-corrected chi connectivity index (χ3v) is 3.87. The van der Waals surface area contributed by atoms with Gasteiger partial charge >= 0.3 is 0 Å². The number of carbonyl (C=O) groups is 1. The van der Waals surface area contributed by atoms with Crippen molar-refractivity contribution in [3.63, 3.8) is 0 Å². The maximum absolute atomic E-state index is 12.0. The highest BCUT2D eigenvalue weighted by molar-refractivity contribution is 9.10. The molecular weight excluding hydrogens is 344 g/mol. The van der Waals surface area contributed by atoms with Gasteiger partial charge < -0.3 is 15.1 Å². The minimum Gasteiger partial charge on any atom is -0.451 e. The summed E-state index contributed by atoms with van der Waals surface area (Å²) in [6.07, 6.45) is 2.30. The lowest BCUT2D eigenvalue weighted by atomic mass is 10.2. The van der Waals surface area contributed by atoms with E-state index in [1.54, 1.807) is 6.07 Å². The van der Waals surface area contributed by atoms with Crippen LogP contribution in [0, 0.1) is 0 Å². The molecule has 4 nitrogen and oxygen atoms in total. The molecule has 1 aliphatic rings. The molecule has 6 heteroatoms. The van der Waals surface area contributed by atoms with Crippen molar-refractivity contribution in [3.8, 4) is 0 Å². The molecule has 2 aromatic rings. The highest BCUT2D eigenvalue weighted by atomic mass is 79.9. The second-order valence-electron chi connectivity index (χ2n) is 4.80. The quantitative estimate of drug-likeness (QED) is 0.885. The summed E-state index contributed by atoms with van der Waals surface area (Å²) < 4.78 is 6.52. The number of amides is 1. The van der Waals surface area contributed by atoms with Crippen molar-refractivity contribution in [1.82, 2.24) is 10.6 Å². The smallest absolute Gasteiger partial charge is 0.287 e. The van der Waals surface area contributed by atoms with E-state index in [0.717, 1.165) is 28.4 Å². The summed E-state index contributed by atoms with van der Waals surface area (Å²) in [4.78, 5) is 12.0. The molecule has 0 radical (unpaired) electrons. The van der Waals surface area contributed by atoms with Gasteiger partial charge in [0.15, 0.2) is 5.76 Å². The lowest BCUT2D eigenvalue weighted by Gasteiger charge is -2.10. The van der Waals surface area contributed by atoms with E-state index in [1.165, 1.54) is 6.42 Å². The van der Waals surface area contributed by atoms with Crippen LogP contribution in [0.15, 0.2) is 33.2 Å². The number of benzene rings is 1. The van der Waals surface area contributed by atoms with E-state index in [0.29, 0.717) is 18.3 Å². The Morgan fingerprint density at radius 3 is 3.05 bits per heavy atom. The second kappa shape index (κ2) is 6.61. The first kappa shape index (κ1) is 15.4. The van der Waals surface area contributed by atoms with Crippen LogP contribution in [0.3, 0.4) is 0 Å². The normalized spacial score (nSPS) is 17.9. The van der Waals surface area contributed by atoms with Crippen molar-refractivity contribution in [2.45, 2.75) is 18.9 Å². The maximum atomic E-state index is 12.0. The zero-order valence-corrected chi connectivity index (χ0v) is 13.2. The Bertz CT molecular complexity index is 608. The van der Waals surface area contributed by atoms with E-state index in [-0.39, 0.29) is 18.3 Å². The highest BCUT2D eigenvalue weighted by Gasteiger charge is 2.17. The van der Waals surface area contributed by atoms with Gasteiger partial charge in [0, 0.05) is 22.4 Å². The monoisotopic (exact) mass is 358 g/mol. The van der Waals surface area contributed by atoms with Crippen molar-refractivity contribution in [2.75, 3.05) is 13.1 Å². The summed E-state index contributed by atoms with van der Waals surface area (Å²) >= 11 is 3.40. The maximum Gasteiger partial charge on any atom is 0.287 e. The molecule has 0 saturated carbocycles. The molecule has 1 fully saturated rings. The molecule has 1 atom stereocenters. The number of carbonyl (C=O) groups excluding carboxylic acids is 1. The first-order valence-corrected chi connectivity index (χ1v) is 7.22. The van der Waals surface area contributed by atoms with E-state index in [1.807, 2.05) is 18.2 Å². The van der Waals surface area contributed by atoms with Crippen LogP contribution in [0.2, 0.25) is 0 Å². The van der Waals surface area contributed by atoms with Gasteiger partial charge in [0.05, 0.1) is 0 Å². The van der Waals surface area contributed by atoms with Crippen molar-refractivity contribution >= 4 is 45.2 Å². The predicted molar refractivity (Wildman–Crippen MR) is 84.5 cm³/mol. The van der Waals surface area contributed by atoms with E-state index in [2.05, 4.69) is 26.6 Å². The SMILES string of the molecule is Cl.O=C(NCC1CCCN1)c1cc2cc(Br)ccc2o1. The topological polar surface area (TPSA) is 54.3 Å². The fourth-order valence-electron chi connectivity index (χ4n) is 2.36. The molecule has 3 rings (SSSR count). The molecular formula is C14H16BrClN2O2. The molecule has 2 N–H and O–H groups in total. The molecule has 1 amide bonds. The average molecular weight is 360 g/mol. The van der Waals surface area contributed by atoms with Crippen molar-refractivity contribution in [3.05, 3.63) is 34.5 Å². The first-order chi connectivity index (χ1) is 9.22. The summed E-state index contributed by atoms with van der Waals surface area (Å²) in [6, 6.07) is 7.86. The fraction of sp³-hybridized carbons (Fsp3) is 0.357. The molecule has 1 unspecified atom stereocenters. The third kappa shape index (κ3) is 3.34. The van der Waals surface area contributed by atoms with Crippen molar-refractivity contribution in [2.24, 2.45) is 0 Å². The summed E-state index contributed by atoms with van der Waals surface area (Å²) in [6.45, 7) is 1.69. The van der Waals surface area contributed by atoms with Crippen LogP contribution in [0.4, 0.5) is 0 Å². The molecule has 1 aromatic heterocycles. The van der Waals surface area contributed by atoms with Gasteiger partial charge in [-0.15, -0.1) is 12.4 Å². The largest absolute Gasteiger partial charge is 0.451 e. The molecule has 108 valence electrons. The van der Waals surface area contributed by atoms with Gasteiger partial charge in [0.2, 0.25) is 0 Å². The number of fused-ring (bicyclic) bond motifs is 1. The number of furan rings is 1. The van der Waals surface area contributed by atoms with Gasteiger partial charge in [-0.2, -0.15) is 0 Å². The van der Waals surface area contributed by atoms with Crippen molar-refractivity contribution in [1.29, 1.82) is 0 Å². The Kier molecular flexibility index (Phi) is 5.07. The Morgan fingerprint density at radius 1 is 1.45 bits per heavy atom. The zero-order valence-electron chi connectivity index (χ0n) is 10.8. The Hall–Kier alpha value is -1.04. The Labute approximate surface area is 131 Å². The minimum atomic E-state index is -0.152. The van der Waals surface area contributed by atoms with Gasteiger partial charge in [-0.1, -0.05) is 15.9 Å². The number of rotatable bonds is 3. The van der Waals surface area contributed by atoms with E-state index in [9.17, 15) is 4.79 Å². The van der Waals surface area contributed by atoms with Gasteiger partial charge in [0.25, 0.3) is 5.91 Å². The number of hydrogen-bond acceptors (Lipinski definition) is 3. The van der Waals surface area contributed by atoms with Crippen LogP contribution in [0.25, 0.3) is 11.0 Å². The van der Waals surface area contributed by atoms with E-state index < -0.39 is 0 Å². The Morgan fingerprint density at radius 2 is 2.30 bits per heavy atom. The number of halogens is 2. The van der Waals surface area contributed by atoms with Crippen LogP contribution in [-0.2, 0) is 0 Å². The van der Waals surface area contributed by atoms with Gasteiger partial charge in [-0.3, -0.25) is 4.79 Å². The standard InChI is InChI=1S/C14H15BrN2O2.ClH/c15-10-3-4-12-9(6-10)7-13(19-12)14(18)17-8-11-2-1-5-16-11;/h3-4,6-7,11,16H,1-2,5,8H2,(H,17,18);1H. The summed E-state index contributed by atoms with van der Waals surface area (Å²) in [7, 11) is 0. The number of hydrogen-bond donors (Lipinski definition) is 2. The van der Waals surface area contributed by atoms with Crippen LogP contribution >= 0.6 is 28.3 Å². The first-order valence-electron chi connectivity index (χ1n) is 6.43. The van der Waals surface area contributed by atoms with Crippen LogP contribution in [0.1, 0.15) is 23.4 Å². The van der Waals surface area contributed by atoms with E-state index >= 15 is 0 Å². The fourth-order valence-corrected chi connectivity index (χ4v) is 2.74. The lowest BCUT2D eigenvalue weighted by molar-refractivity contribution is 0.0925. The lowest BCUT2D eigenvalue weighted by Crippen LogP contribution is -2.36. The van der Waals surface area contributed by atoms with Crippen LogP contribution < -0.4 is 10.6 Å². The molecule has 1 aliphatic heterocycles. The Balaban J connectivity index is 0.00000147. The summed E-state index contributed by atoms with van der Waals surface area (Å²) in [5, 5.41) is 7.18. The molecule has 20 heavy (non-hydrogen) atoms. The summed E-state index contributed by atoms with van der Waals surface area (Å²) in [5.41, 5.74) is 0.729. The molecule has 0 bridgehead atoms. The number of nitrogens with one attached hydrogen (secondary N) is 2. The molecule has 2 heterocycles. The summed E-state index contributed by atoms with van der Waals surface area (Å²) in [5.74, 6) is 0.215. The molecule has 0 spiro atoms. The predicted octanol–water partition coefficient (Wildman–Crippen LogP) is 3.10. The van der Waals surface area contributed by atoms with Gasteiger partial charge in [0.1, 0.15) is 5.58 Å².